The van der Waals surface area contributed by atoms with Crippen molar-refractivity contribution < 1.29 is 9.59 Å². The number of carbonyl (C=O) groups is 2. The van der Waals surface area contributed by atoms with Gasteiger partial charge in [0.25, 0.3) is 0 Å². The minimum Gasteiger partial charge on any atom is -0.338 e. The van der Waals surface area contributed by atoms with Crippen LogP contribution in [-0.2, 0) is 16.1 Å². The molecule has 0 bridgehead atoms. The number of hydrogen-bond donors (Lipinski definition) is 1. The van der Waals surface area contributed by atoms with Gasteiger partial charge < -0.3 is 10.2 Å². The summed E-state index contributed by atoms with van der Waals surface area (Å²) in [5, 5.41) is 2.74. The van der Waals surface area contributed by atoms with Gasteiger partial charge >= 0.3 is 0 Å². The van der Waals surface area contributed by atoms with Crippen LogP contribution in [0.1, 0.15) is 18.9 Å². The molecule has 5 heteroatoms. The number of halogens is 1. The van der Waals surface area contributed by atoms with Gasteiger partial charge in [-0.3, -0.25) is 9.59 Å². The Kier molecular flexibility index (Phi) is 6.35. The van der Waals surface area contributed by atoms with Crippen LogP contribution < -0.4 is 5.32 Å². The fraction of sp³-hybridized carbons (Fsp3) is 0.222. The lowest BCUT2D eigenvalue weighted by molar-refractivity contribution is -0.134. The summed E-state index contributed by atoms with van der Waals surface area (Å²) in [5.41, 5.74) is 1.73. The van der Waals surface area contributed by atoms with Crippen LogP contribution in [0.2, 0.25) is 0 Å². The number of nitrogens with zero attached hydrogens (tertiary/aromatic N) is 1. The molecule has 2 aromatic carbocycles. The lowest BCUT2D eigenvalue weighted by Gasteiger charge is -2.20. The van der Waals surface area contributed by atoms with Gasteiger partial charge in [0.1, 0.15) is 6.42 Å². The van der Waals surface area contributed by atoms with Crippen LogP contribution in [0.3, 0.4) is 0 Å². The highest BCUT2D eigenvalue weighted by Gasteiger charge is 2.16. The Balaban J connectivity index is 1.90. The molecular formula is C18H19BrN2O2. The molecule has 0 saturated heterocycles. The van der Waals surface area contributed by atoms with Crippen LogP contribution in [-0.4, -0.2) is 23.3 Å². The Morgan fingerprint density at radius 3 is 2.30 bits per heavy atom. The largest absolute Gasteiger partial charge is 0.338 e. The maximum atomic E-state index is 12.3. The predicted octanol–water partition coefficient (Wildman–Crippen LogP) is 3.83. The summed E-state index contributed by atoms with van der Waals surface area (Å²) in [7, 11) is 0. The zero-order valence-electron chi connectivity index (χ0n) is 13.0. The topological polar surface area (TPSA) is 49.4 Å². The van der Waals surface area contributed by atoms with Gasteiger partial charge in [0.2, 0.25) is 11.8 Å². The standard InChI is InChI=1S/C18H19BrN2O2/c1-2-21(13-14-6-4-3-5-7-14)18(23)12-17(22)20-16-10-8-15(19)9-11-16/h3-11H,2,12-13H2,1H3,(H,20,22). The van der Waals surface area contributed by atoms with E-state index in [0.29, 0.717) is 18.8 Å². The average Bonchev–Trinajstić information content (AvgIpc) is 2.55. The van der Waals surface area contributed by atoms with E-state index in [1.165, 1.54) is 0 Å². The first-order valence-electron chi connectivity index (χ1n) is 7.45. The average molecular weight is 375 g/mol. The third-order valence-corrected chi connectivity index (χ3v) is 3.92. The number of benzene rings is 2. The minimum atomic E-state index is -0.302. The van der Waals surface area contributed by atoms with E-state index in [1.54, 1.807) is 17.0 Å². The highest BCUT2D eigenvalue weighted by atomic mass is 79.9. The van der Waals surface area contributed by atoms with Crippen molar-refractivity contribution in [2.75, 3.05) is 11.9 Å². The molecule has 0 spiro atoms. The minimum absolute atomic E-state index is 0.156. The molecule has 0 atom stereocenters. The van der Waals surface area contributed by atoms with Crippen molar-refractivity contribution in [2.24, 2.45) is 0 Å². The normalized spacial score (nSPS) is 10.2. The fourth-order valence-corrected chi connectivity index (χ4v) is 2.43. The summed E-state index contributed by atoms with van der Waals surface area (Å²) in [6.07, 6.45) is -0.156. The maximum absolute atomic E-state index is 12.3. The van der Waals surface area contributed by atoms with Gasteiger partial charge in [-0.2, -0.15) is 0 Å². The van der Waals surface area contributed by atoms with Crippen LogP contribution in [0, 0.1) is 0 Å². The van der Waals surface area contributed by atoms with Crippen molar-refractivity contribution in [3.8, 4) is 0 Å². The molecule has 0 heterocycles. The summed E-state index contributed by atoms with van der Waals surface area (Å²) in [6, 6.07) is 17.0. The zero-order valence-corrected chi connectivity index (χ0v) is 14.5. The van der Waals surface area contributed by atoms with E-state index in [-0.39, 0.29) is 18.2 Å². The van der Waals surface area contributed by atoms with E-state index in [1.807, 2.05) is 49.4 Å². The molecule has 23 heavy (non-hydrogen) atoms. The summed E-state index contributed by atoms with van der Waals surface area (Å²) < 4.78 is 0.937. The van der Waals surface area contributed by atoms with Crippen molar-refractivity contribution in [3.05, 3.63) is 64.6 Å². The molecule has 0 radical (unpaired) electrons. The zero-order chi connectivity index (χ0) is 16.7. The summed E-state index contributed by atoms with van der Waals surface area (Å²) >= 11 is 3.34. The van der Waals surface area contributed by atoms with Crippen LogP contribution in [0.5, 0.6) is 0 Å². The van der Waals surface area contributed by atoms with Gasteiger partial charge in [-0.25, -0.2) is 0 Å². The van der Waals surface area contributed by atoms with Crippen molar-refractivity contribution >= 4 is 33.4 Å². The van der Waals surface area contributed by atoms with Gasteiger partial charge in [0.15, 0.2) is 0 Å². The van der Waals surface area contributed by atoms with Gasteiger partial charge in [-0.05, 0) is 36.8 Å². The smallest absolute Gasteiger partial charge is 0.233 e. The van der Waals surface area contributed by atoms with Crippen LogP contribution >= 0.6 is 15.9 Å². The maximum Gasteiger partial charge on any atom is 0.233 e. The number of rotatable bonds is 6. The second-order valence-corrected chi connectivity index (χ2v) is 6.04. The summed E-state index contributed by atoms with van der Waals surface area (Å²) in [6.45, 7) is 2.99. The molecule has 0 aromatic heterocycles. The van der Waals surface area contributed by atoms with E-state index in [0.717, 1.165) is 10.0 Å². The highest BCUT2D eigenvalue weighted by molar-refractivity contribution is 9.10. The molecule has 0 aliphatic rings. The first-order valence-corrected chi connectivity index (χ1v) is 8.25. The van der Waals surface area contributed by atoms with E-state index >= 15 is 0 Å². The number of amides is 2. The third kappa shape index (κ3) is 5.53. The monoisotopic (exact) mass is 374 g/mol. The molecule has 0 unspecified atom stereocenters. The second-order valence-electron chi connectivity index (χ2n) is 5.13. The lowest BCUT2D eigenvalue weighted by atomic mass is 10.2. The van der Waals surface area contributed by atoms with Crippen molar-refractivity contribution in [3.63, 3.8) is 0 Å². The number of carbonyl (C=O) groups excluding carboxylic acids is 2. The molecule has 0 aliphatic heterocycles. The Morgan fingerprint density at radius 2 is 1.70 bits per heavy atom. The summed E-state index contributed by atoms with van der Waals surface area (Å²) in [4.78, 5) is 26.0. The molecule has 2 rings (SSSR count). The highest BCUT2D eigenvalue weighted by Crippen LogP contribution is 2.14. The molecule has 2 amide bonds. The quantitative estimate of drug-likeness (QED) is 0.781. The first-order chi connectivity index (χ1) is 11.1. The Labute approximate surface area is 144 Å². The fourth-order valence-electron chi connectivity index (χ4n) is 2.17. The van der Waals surface area contributed by atoms with Gasteiger partial charge in [-0.1, -0.05) is 46.3 Å². The molecule has 0 fully saturated rings. The first kappa shape index (κ1) is 17.2. The molecule has 0 aliphatic carbocycles. The molecule has 2 aromatic rings. The van der Waals surface area contributed by atoms with Crippen LogP contribution in [0.4, 0.5) is 5.69 Å². The second kappa shape index (κ2) is 8.48. The molecule has 4 nitrogen and oxygen atoms in total. The van der Waals surface area contributed by atoms with E-state index in [9.17, 15) is 9.59 Å². The molecule has 120 valence electrons. The molecular weight excluding hydrogens is 356 g/mol. The van der Waals surface area contributed by atoms with Gasteiger partial charge in [-0.15, -0.1) is 0 Å². The Hall–Kier alpha value is -2.14. The summed E-state index contributed by atoms with van der Waals surface area (Å²) in [5.74, 6) is -0.477. The number of hydrogen-bond acceptors (Lipinski definition) is 2. The number of anilines is 1. The van der Waals surface area contributed by atoms with E-state index < -0.39 is 0 Å². The van der Waals surface area contributed by atoms with E-state index in [4.69, 9.17) is 0 Å². The van der Waals surface area contributed by atoms with Gasteiger partial charge in [0, 0.05) is 23.2 Å². The van der Waals surface area contributed by atoms with Crippen molar-refractivity contribution in [1.29, 1.82) is 0 Å². The van der Waals surface area contributed by atoms with E-state index in [2.05, 4.69) is 21.2 Å². The SMILES string of the molecule is CCN(Cc1ccccc1)C(=O)CC(=O)Nc1ccc(Br)cc1. The van der Waals surface area contributed by atoms with Crippen LogP contribution in [0.25, 0.3) is 0 Å². The Bertz CT molecular complexity index is 656. The molecule has 0 saturated carbocycles. The van der Waals surface area contributed by atoms with Crippen LogP contribution in [0.15, 0.2) is 59.1 Å². The Morgan fingerprint density at radius 1 is 1.04 bits per heavy atom. The molecule has 1 N–H and O–H groups in total. The predicted molar refractivity (Wildman–Crippen MR) is 94.9 cm³/mol. The lowest BCUT2D eigenvalue weighted by Crippen LogP contribution is -2.33. The third-order valence-electron chi connectivity index (χ3n) is 3.39. The van der Waals surface area contributed by atoms with Crippen molar-refractivity contribution in [1.82, 2.24) is 4.90 Å². The van der Waals surface area contributed by atoms with Gasteiger partial charge in [0.05, 0.1) is 0 Å². The van der Waals surface area contributed by atoms with Crippen molar-refractivity contribution in [2.45, 2.75) is 19.9 Å². The number of nitrogens with one attached hydrogen (secondary N) is 1.